The third-order valence-electron chi connectivity index (χ3n) is 1.88. The molecule has 1 aromatic rings. The van der Waals surface area contributed by atoms with Crippen molar-refractivity contribution in [3.05, 3.63) is 17.5 Å². The maximum Gasteiger partial charge on any atom is 0.271 e. The van der Waals surface area contributed by atoms with Crippen molar-refractivity contribution in [1.82, 2.24) is 15.3 Å². The first-order valence-electron chi connectivity index (χ1n) is 5.42. The van der Waals surface area contributed by atoms with Gasteiger partial charge in [0.15, 0.2) is 0 Å². The highest BCUT2D eigenvalue weighted by Gasteiger charge is 2.10. The van der Waals surface area contributed by atoms with Crippen LogP contribution in [-0.4, -0.2) is 35.8 Å². The number of methoxy groups -OCH3 is 1. The summed E-state index contributed by atoms with van der Waals surface area (Å²) in [5.74, 6) is 0.187. The van der Waals surface area contributed by atoms with Gasteiger partial charge in [-0.05, 0) is 26.8 Å². The Labute approximate surface area is 101 Å². The van der Waals surface area contributed by atoms with E-state index in [1.54, 1.807) is 6.07 Å². The number of nitrogens with one attached hydrogen (secondary N) is 2. The molecule has 0 unspecified atom stereocenters. The van der Waals surface area contributed by atoms with Crippen LogP contribution in [0.3, 0.4) is 0 Å². The third kappa shape index (κ3) is 4.36. The average Bonchev–Trinajstić information content (AvgIpc) is 2.24. The number of aromatic nitrogens is 2. The first-order valence-corrected chi connectivity index (χ1v) is 5.42. The summed E-state index contributed by atoms with van der Waals surface area (Å²) in [6.45, 7) is 5.95. The van der Waals surface area contributed by atoms with Gasteiger partial charge in [0.1, 0.15) is 12.4 Å². The zero-order valence-corrected chi connectivity index (χ0v) is 10.6. The molecular formula is C11H18N4O2. The van der Waals surface area contributed by atoms with Crippen LogP contribution in [0.5, 0.6) is 0 Å². The number of rotatable bonds is 5. The van der Waals surface area contributed by atoms with Crippen molar-refractivity contribution in [3.63, 3.8) is 0 Å². The molecule has 6 nitrogen and oxygen atoms in total. The van der Waals surface area contributed by atoms with E-state index in [0.717, 1.165) is 5.69 Å². The van der Waals surface area contributed by atoms with Gasteiger partial charge in [-0.1, -0.05) is 0 Å². The van der Waals surface area contributed by atoms with Crippen molar-refractivity contribution >= 4 is 11.9 Å². The molecule has 1 amide bonds. The van der Waals surface area contributed by atoms with E-state index in [2.05, 4.69) is 20.6 Å². The fourth-order valence-corrected chi connectivity index (χ4v) is 1.24. The summed E-state index contributed by atoms with van der Waals surface area (Å²) in [6.07, 6.45) is 0. The minimum atomic E-state index is -0.274. The normalized spacial score (nSPS) is 10.4. The lowest BCUT2D eigenvalue weighted by atomic mass is 10.3. The van der Waals surface area contributed by atoms with Gasteiger partial charge in [0.2, 0.25) is 5.95 Å². The Hall–Kier alpha value is -1.69. The first-order chi connectivity index (χ1) is 8.02. The molecule has 6 heteroatoms. The van der Waals surface area contributed by atoms with Crippen molar-refractivity contribution in [1.29, 1.82) is 0 Å². The van der Waals surface area contributed by atoms with Crippen LogP contribution in [0.25, 0.3) is 0 Å². The van der Waals surface area contributed by atoms with Gasteiger partial charge >= 0.3 is 0 Å². The summed E-state index contributed by atoms with van der Waals surface area (Å²) in [4.78, 5) is 20.0. The van der Waals surface area contributed by atoms with Crippen LogP contribution in [0.15, 0.2) is 6.07 Å². The van der Waals surface area contributed by atoms with E-state index in [1.165, 1.54) is 7.11 Å². The zero-order valence-electron chi connectivity index (χ0n) is 10.6. The Bertz CT molecular complexity index is 393. The highest BCUT2D eigenvalue weighted by atomic mass is 16.5. The van der Waals surface area contributed by atoms with E-state index in [4.69, 9.17) is 4.74 Å². The predicted octanol–water partition coefficient (Wildman–Crippen LogP) is 0.939. The van der Waals surface area contributed by atoms with Crippen molar-refractivity contribution in [3.8, 4) is 0 Å². The molecule has 0 aromatic carbocycles. The summed E-state index contributed by atoms with van der Waals surface area (Å²) < 4.78 is 4.77. The monoisotopic (exact) mass is 238 g/mol. The molecule has 0 aliphatic rings. The minimum absolute atomic E-state index is 0.162. The number of anilines is 1. The minimum Gasteiger partial charge on any atom is -0.364 e. The molecule has 2 N–H and O–H groups in total. The second-order valence-corrected chi connectivity index (χ2v) is 3.96. The maximum absolute atomic E-state index is 11.7. The molecule has 1 heterocycles. The van der Waals surface area contributed by atoms with Crippen LogP contribution in [0, 0.1) is 6.92 Å². The molecule has 0 spiro atoms. The topological polar surface area (TPSA) is 76.1 Å². The van der Waals surface area contributed by atoms with Crippen molar-refractivity contribution in [2.75, 3.05) is 19.2 Å². The fourth-order valence-electron chi connectivity index (χ4n) is 1.24. The number of ether oxygens (including phenoxy) is 1. The van der Waals surface area contributed by atoms with E-state index in [9.17, 15) is 4.79 Å². The lowest BCUT2D eigenvalue weighted by Gasteiger charge is -2.10. The molecule has 94 valence electrons. The van der Waals surface area contributed by atoms with Gasteiger partial charge in [-0.25, -0.2) is 9.97 Å². The SMILES string of the molecule is COCNC(=O)c1cc(C)nc(NC(C)C)n1. The highest BCUT2D eigenvalue weighted by molar-refractivity contribution is 5.92. The Balaban J connectivity index is 2.85. The quantitative estimate of drug-likeness (QED) is 0.747. The third-order valence-corrected chi connectivity index (χ3v) is 1.88. The van der Waals surface area contributed by atoms with Gasteiger partial charge in [0.25, 0.3) is 5.91 Å². The van der Waals surface area contributed by atoms with E-state index >= 15 is 0 Å². The van der Waals surface area contributed by atoms with Crippen molar-refractivity contribution < 1.29 is 9.53 Å². The first kappa shape index (κ1) is 13.4. The number of aryl methyl sites for hydroxylation is 1. The number of hydrogen-bond acceptors (Lipinski definition) is 5. The van der Waals surface area contributed by atoms with Gasteiger partial charge in [0, 0.05) is 18.8 Å². The van der Waals surface area contributed by atoms with Gasteiger partial charge in [-0.3, -0.25) is 4.79 Å². The van der Waals surface area contributed by atoms with Crippen LogP contribution in [0.2, 0.25) is 0 Å². The van der Waals surface area contributed by atoms with Crippen LogP contribution < -0.4 is 10.6 Å². The van der Waals surface area contributed by atoms with Gasteiger partial charge < -0.3 is 15.4 Å². The molecular weight excluding hydrogens is 220 g/mol. The van der Waals surface area contributed by atoms with Gasteiger partial charge in [0.05, 0.1) is 0 Å². The highest BCUT2D eigenvalue weighted by Crippen LogP contribution is 2.06. The summed E-state index contributed by atoms with van der Waals surface area (Å²) in [5, 5.41) is 5.64. The van der Waals surface area contributed by atoms with E-state index < -0.39 is 0 Å². The molecule has 1 rings (SSSR count). The largest absolute Gasteiger partial charge is 0.364 e. The second kappa shape index (κ2) is 6.15. The summed E-state index contributed by atoms with van der Waals surface area (Å²) in [5.41, 5.74) is 1.07. The summed E-state index contributed by atoms with van der Waals surface area (Å²) in [6, 6.07) is 1.85. The second-order valence-electron chi connectivity index (χ2n) is 3.96. The molecule has 0 atom stereocenters. The number of nitrogens with zero attached hydrogens (tertiary/aromatic N) is 2. The molecule has 0 aliphatic heterocycles. The molecule has 1 aromatic heterocycles. The number of amides is 1. The smallest absolute Gasteiger partial charge is 0.271 e. The molecule has 0 aliphatic carbocycles. The zero-order chi connectivity index (χ0) is 12.8. The van der Waals surface area contributed by atoms with E-state index in [1.807, 2.05) is 20.8 Å². The number of carbonyl (C=O) groups is 1. The van der Waals surface area contributed by atoms with Crippen LogP contribution in [0.1, 0.15) is 30.0 Å². The Morgan fingerprint density at radius 1 is 1.47 bits per heavy atom. The Morgan fingerprint density at radius 2 is 2.18 bits per heavy atom. The average molecular weight is 238 g/mol. The molecule has 17 heavy (non-hydrogen) atoms. The van der Waals surface area contributed by atoms with Crippen LogP contribution in [-0.2, 0) is 4.74 Å². The van der Waals surface area contributed by atoms with Crippen molar-refractivity contribution in [2.24, 2.45) is 0 Å². The van der Waals surface area contributed by atoms with Crippen LogP contribution >= 0.6 is 0 Å². The number of carbonyl (C=O) groups excluding carboxylic acids is 1. The van der Waals surface area contributed by atoms with Gasteiger partial charge in [-0.15, -0.1) is 0 Å². The Kier molecular flexibility index (Phi) is 4.84. The standard InChI is InChI=1S/C11H18N4O2/c1-7(2)13-11-14-8(3)5-9(15-11)10(16)12-6-17-4/h5,7H,6H2,1-4H3,(H,12,16)(H,13,14,15). The lowest BCUT2D eigenvalue weighted by Crippen LogP contribution is -2.27. The molecule has 0 saturated heterocycles. The van der Waals surface area contributed by atoms with Crippen molar-refractivity contribution in [2.45, 2.75) is 26.8 Å². The molecule has 0 fully saturated rings. The maximum atomic E-state index is 11.7. The molecule has 0 bridgehead atoms. The Morgan fingerprint density at radius 3 is 2.76 bits per heavy atom. The lowest BCUT2D eigenvalue weighted by molar-refractivity contribution is 0.0867. The summed E-state index contributed by atoms with van der Waals surface area (Å²) >= 11 is 0. The fraction of sp³-hybridized carbons (Fsp3) is 0.545. The summed E-state index contributed by atoms with van der Waals surface area (Å²) in [7, 11) is 1.51. The molecule has 0 radical (unpaired) electrons. The van der Waals surface area contributed by atoms with E-state index in [-0.39, 0.29) is 18.7 Å². The van der Waals surface area contributed by atoms with Crippen LogP contribution in [0.4, 0.5) is 5.95 Å². The predicted molar refractivity (Wildman–Crippen MR) is 64.9 cm³/mol. The van der Waals surface area contributed by atoms with Gasteiger partial charge in [-0.2, -0.15) is 0 Å². The molecule has 0 saturated carbocycles. The number of hydrogen-bond donors (Lipinski definition) is 2. The van der Waals surface area contributed by atoms with E-state index in [0.29, 0.717) is 11.6 Å².